The Labute approximate surface area is 82.0 Å². The van der Waals surface area contributed by atoms with Crippen LogP contribution in [0.1, 0.15) is 37.5 Å². The van der Waals surface area contributed by atoms with Crippen LogP contribution in [0, 0.1) is 12.8 Å². The predicted octanol–water partition coefficient (Wildman–Crippen LogP) is 3.76. The number of hydrogen-bond acceptors (Lipinski definition) is 0. The molecule has 0 aliphatic heterocycles. The van der Waals surface area contributed by atoms with E-state index in [1.54, 1.807) is 11.1 Å². The standard InChI is InChI=1S/C11H14.C2H6/c1-8-3-4-10-6-9(2)7-11(10)5-8;1-2/h3-5,9H,6-7H2,1-2H3;1-2H3/t9-;/m1./s1. The minimum absolute atomic E-state index is 0.867. The lowest BCUT2D eigenvalue weighted by Crippen LogP contribution is -1.89. The highest BCUT2D eigenvalue weighted by Crippen LogP contribution is 2.26. The van der Waals surface area contributed by atoms with Gasteiger partial charge in [-0.2, -0.15) is 0 Å². The summed E-state index contributed by atoms with van der Waals surface area (Å²) in [6, 6.07) is 6.84. The molecule has 13 heavy (non-hydrogen) atoms. The first-order chi connectivity index (χ1) is 6.25. The monoisotopic (exact) mass is 176 g/mol. The van der Waals surface area contributed by atoms with E-state index < -0.39 is 0 Å². The summed E-state index contributed by atoms with van der Waals surface area (Å²) in [5, 5.41) is 0. The Bertz CT molecular complexity index is 273. The summed E-state index contributed by atoms with van der Waals surface area (Å²) in [6.45, 7) is 8.50. The number of fused-ring (bicyclic) bond motifs is 1. The highest BCUT2D eigenvalue weighted by Gasteiger charge is 2.16. The van der Waals surface area contributed by atoms with E-state index in [0.29, 0.717) is 0 Å². The molecular formula is C13H20. The zero-order chi connectivity index (χ0) is 9.84. The molecule has 0 saturated heterocycles. The van der Waals surface area contributed by atoms with Gasteiger partial charge in [-0.1, -0.05) is 44.5 Å². The van der Waals surface area contributed by atoms with Gasteiger partial charge < -0.3 is 0 Å². The molecule has 1 aromatic rings. The van der Waals surface area contributed by atoms with Gasteiger partial charge in [0.2, 0.25) is 0 Å². The molecule has 0 spiro atoms. The molecule has 1 aliphatic carbocycles. The van der Waals surface area contributed by atoms with Crippen molar-refractivity contribution in [3.05, 3.63) is 34.9 Å². The van der Waals surface area contributed by atoms with Crippen molar-refractivity contribution in [2.45, 2.75) is 40.5 Å². The molecule has 0 nitrogen and oxygen atoms in total. The number of rotatable bonds is 0. The van der Waals surface area contributed by atoms with E-state index in [4.69, 9.17) is 0 Å². The summed E-state index contributed by atoms with van der Waals surface area (Å²) in [7, 11) is 0. The summed E-state index contributed by atoms with van der Waals surface area (Å²) in [4.78, 5) is 0. The molecular weight excluding hydrogens is 156 g/mol. The Balaban J connectivity index is 0.000000396. The molecule has 0 aromatic heterocycles. The molecule has 1 atom stereocenters. The second-order valence-electron chi connectivity index (χ2n) is 3.79. The van der Waals surface area contributed by atoms with Crippen LogP contribution in [0.15, 0.2) is 18.2 Å². The second-order valence-corrected chi connectivity index (χ2v) is 3.79. The minimum atomic E-state index is 0.867. The van der Waals surface area contributed by atoms with Crippen LogP contribution < -0.4 is 0 Å². The lowest BCUT2D eigenvalue weighted by atomic mass is 10.1. The van der Waals surface area contributed by atoms with E-state index in [1.165, 1.54) is 18.4 Å². The van der Waals surface area contributed by atoms with Crippen molar-refractivity contribution in [3.63, 3.8) is 0 Å². The van der Waals surface area contributed by atoms with E-state index in [2.05, 4.69) is 32.0 Å². The van der Waals surface area contributed by atoms with Gasteiger partial charge in [-0.15, -0.1) is 0 Å². The van der Waals surface area contributed by atoms with Gasteiger partial charge in [-0.3, -0.25) is 0 Å². The fraction of sp³-hybridized carbons (Fsp3) is 0.538. The Hall–Kier alpha value is -0.780. The highest BCUT2D eigenvalue weighted by atomic mass is 14.2. The normalized spacial score (nSPS) is 18.9. The van der Waals surface area contributed by atoms with E-state index in [-0.39, 0.29) is 0 Å². The topological polar surface area (TPSA) is 0 Å². The van der Waals surface area contributed by atoms with Gasteiger partial charge in [0.15, 0.2) is 0 Å². The zero-order valence-electron chi connectivity index (χ0n) is 9.22. The molecule has 72 valence electrons. The van der Waals surface area contributed by atoms with E-state index >= 15 is 0 Å². The average Bonchev–Trinajstić information content (AvgIpc) is 2.48. The SMILES string of the molecule is CC.Cc1ccc2c(c1)C[C@H](C)C2. The fourth-order valence-electron chi connectivity index (χ4n) is 1.97. The van der Waals surface area contributed by atoms with Crippen LogP contribution in [0.2, 0.25) is 0 Å². The van der Waals surface area contributed by atoms with Crippen molar-refractivity contribution < 1.29 is 0 Å². The molecule has 0 bridgehead atoms. The van der Waals surface area contributed by atoms with Gasteiger partial charge in [0.1, 0.15) is 0 Å². The fourth-order valence-corrected chi connectivity index (χ4v) is 1.97. The average molecular weight is 176 g/mol. The molecule has 0 amide bonds. The van der Waals surface area contributed by atoms with Crippen LogP contribution in [-0.4, -0.2) is 0 Å². The Morgan fingerprint density at radius 2 is 1.69 bits per heavy atom. The molecule has 1 aliphatic rings. The lowest BCUT2D eigenvalue weighted by molar-refractivity contribution is 0.628. The van der Waals surface area contributed by atoms with E-state index in [1.807, 2.05) is 13.8 Å². The quantitative estimate of drug-likeness (QED) is 0.564. The number of aryl methyl sites for hydroxylation is 1. The van der Waals surface area contributed by atoms with Gasteiger partial charge in [-0.25, -0.2) is 0 Å². The molecule has 0 N–H and O–H groups in total. The van der Waals surface area contributed by atoms with Crippen LogP contribution in [0.4, 0.5) is 0 Å². The van der Waals surface area contributed by atoms with Crippen molar-refractivity contribution in [2.24, 2.45) is 5.92 Å². The predicted molar refractivity (Wildman–Crippen MR) is 59.1 cm³/mol. The summed E-state index contributed by atoms with van der Waals surface area (Å²) >= 11 is 0. The van der Waals surface area contributed by atoms with Crippen LogP contribution in [0.3, 0.4) is 0 Å². The molecule has 0 saturated carbocycles. The molecule has 0 heteroatoms. The van der Waals surface area contributed by atoms with Gasteiger partial charge in [0.05, 0.1) is 0 Å². The second kappa shape index (κ2) is 4.45. The molecule has 0 heterocycles. The molecule has 0 radical (unpaired) electrons. The summed E-state index contributed by atoms with van der Waals surface area (Å²) < 4.78 is 0. The maximum absolute atomic E-state index is 2.33. The first-order valence-corrected chi connectivity index (χ1v) is 5.34. The zero-order valence-corrected chi connectivity index (χ0v) is 9.22. The molecule has 0 unspecified atom stereocenters. The summed E-state index contributed by atoms with van der Waals surface area (Å²) in [6.07, 6.45) is 2.58. The van der Waals surface area contributed by atoms with E-state index in [0.717, 1.165) is 5.92 Å². The van der Waals surface area contributed by atoms with Crippen LogP contribution >= 0.6 is 0 Å². The molecule has 0 fully saturated rings. The van der Waals surface area contributed by atoms with Crippen molar-refractivity contribution in [2.75, 3.05) is 0 Å². The largest absolute Gasteiger partial charge is 0.0683 e. The van der Waals surface area contributed by atoms with Gasteiger partial charge in [0, 0.05) is 0 Å². The first kappa shape index (κ1) is 10.3. The Morgan fingerprint density at radius 3 is 2.38 bits per heavy atom. The third-order valence-electron chi connectivity index (χ3n) is 2.50. The van der Waals surface area contributed by atoms with Crippen molar-refractivity contribution >= 4 is 0 Å². The Morgan fingerprint density at radius 1 is 1.08 bits per heavy atom. The van der Waals surface area contributed by atoms with Gasteiger partial charge >= 0.3 is 0 Å². The molecule has 2 rings (SSSR count). The van der Waals surface area contributed by atoms with Gasteiger partial charge in [-0.05, 0) is 36.8 Å². The van der Waals surface area contributed by atoms with Crippen molar-refractivity contribution in [1.29, 1.82) is 0 Å². The summed E-state index contributed by atoms with van der Waals surface area (Å²) in [5.41, 5.74) is 4.55. The Kier molecular flexibility index (Phi) is 3.53. The number of benzene rings is 1. The summed E-state index contributed by atoms with van der Waals surface area (Å²) in [5.74, 6) is 0.867. The van der Waals surface area contributed by atoms with Crippen molar-refractivity contribution in [3.8, 4) is 0 Å². The third-order valence-corrected chi connectivity index (χ3v) is 2.50. The van der Waals surface area contributed by atoms with Crippen LogP contribution in [0.25, 0.3) is 0 Å². The first-order valence-electron chi connectivity index (χ1n) is 5.34. The minimum Gasteiger partial charge on any atom is -0.0683 e. The maximum atomic E-state index is 2.33. The van der Waals surface area contributed by atoms with Crippen LogP contribution in [-0.2, 0) is 12.8 Å². The number of hydrogen-bond donors (Lipinski definition) is 0. The van der Waals surface area contributed by atoms with Crippen LogP contribution in [0.5, 0.6) is 0 Å². The third kappa shape index (κ3) is 2.33. The van der Waals surface area contributed by atoms with E-state index in [9.17, 15) is 0 Å². The lowest BCUT2D eigenvalue weighted by Gasteiger charge is -1.98. The van der Waals surface area contributed by atoms with Gasteiger partial charge in [0.25, 0.3) is 0 Å². The van der Waals surface area contributed by atoms with Crippen molar-refractivity contribution in [1.82, 2.24) is 0 Å². The smallest absolute Gasteiger partial charge is 0.0247 e. The maximum Gasteiger partial charge on any atom is -0.0247 e. The molecule has 1 aromatic carbocycles. The highest BCUT2D eigenvalue weighted by molar-refractivity contribution is 5.35.